The molecule has 0 unspecified atom stereocenters. The molecule has 0 bridgehead atoms. The first-order chi connectivity index (χ1) is 11.9. The van der Waals surface area contributed by atoms with Gasteiger partial charge in [-0.15, -0.1) is 5.10 Å². The fraction of sp³-hybridized carbons (Fsp3) is 0.235. The van der Waals surface area contributed by atoms with Gasteiger partial charge in [0.25, 0.3) is 10.0 Å². The third-order valence-corrected chi connectivity index (χ3v) is 5.01. The molecule has 3 aromatic rings. The van der Waals surface area contributed by atoms with Crippen molar-refractivity contribution < 1.29 is 8.42 Å². The molecule has 0 fully saturated rings. The lowest BCUT2D eigenvalue weighted by atomic mass is 10.0. The highest BCUT2D eigenvalue weighted by Gasteiger charge is 2.14. The van der Waals surface area contributed by atoms with Crippen LogP contribution >= 0.6 is 0 Å². The number of rotatable bonds is 6. The SMILES string of the molecule is CC(C)Cc1ccc(S(=O)(=O)Nc2ccc(-n3cnnn3)cc2)cc1. The standard InChI is InChI=1S/C17H19N5O2S/c1-13(2)11-14-3-9-17(10-4-14)25(23,24)19-15-5-7-16(8-6-15)22-12-18-20-21-22/h3-10,12-13,19H,11H2,1-2H3. The molecule has 130 valence electrons. The summed E-state index contributed by atoms with van der Waals surface area (Å²) < 4.78 is 29.1. The van der Waals surface area contributed by atoms with E-state index in [1.807, 2.05) is 12.1 Å². The van der Waals surface area contributed by atoms with Crippen molar-refractivity contribution in [2.24, 2.45) is 5.92 Å². The number of hydrogen-bond acceptors (Lipinski definition) is 5. The van der Waals surface area contributed by atoms with E-state index in [9.17, 15) is 8.42 Å². The number of hydrogen-bond donors (Lipinski definition) is 1. The van der Waals surface area contributed by atoms with Gasteiger partial charge in [0.1, 0.15) is 6.33 Å². The van der Waals surface area contributed by atoms with Crippen LogP contribution in [0, 0.1) is 5.92 Å². The summed E-state index contributed by atoms with van der Waals surface area (Å²) in [6.07, 6.45) is 2.39. The van der Waals surface area contributed by atoms with Crippen molar-refractivity contribution in [2.75, 3.05) is 4.72 Å². The van der Waals surface area contributed by atoms with Gasteiger partial charge in [-0.05, 0) is 64.7 Å². The number of nitrogens with one attached hydrogen (secondary N) is 1. The minimum Gasteiger partial charge on any atom is -0.280 e. The van der Waals surface area contributed by atoms with Gasteiger partial charge in [-0.1, -0.05) is 26.0 Å². The lowest BCUT2D eigenvalue weighted by Crippen LogP contribution is -2.13. The maximum absolute atomic E-state index is 12.5. The van der Waals surface area contributed by atoms with Crippen molar-refractivity contribution in [1.82, 2.24) is 20.2 Å². The van der Waals surface area contributed by atoms with Gasteiger partial charge in [-0.2, -0.15) is 0 Å². The van der Waals surface area contributed by atoms with Gasteiger partial charge in [0.2, 0.25) is 0 Å². The molecule has 0 amide bonds. The van der Waals surface area contributed by atoms with Crippen LogP contribution in [0.25, 0.3) is 5.69 Å². The number of tetrazole rings is 1. The Kier molecular flexibility index (Phi) is 4.80. The minimum absolute atomic E-state index is 0.240. The maximum atomic E-state index is 12.5. The second-order valence-electron chi connectivity index (χ2n) is 6.15. The molecule has 1 N–H and O–H groups in total. The van der Waals surface area contributed by atoms with E-state index in [-0.39, 0.29) is 4.90 Å². The van der Waals surface area contributed by atoms with E-state index in [2.05, 4.69) is 34.1 Å². The molecule has 8 heteroatoms. The first kappa shape index (κ1) is 17.1. The molecule has 0 radical (unpaired) electrons. The predicted octanol–water partition coefficient (Wildman–Crippen LogP) is 2.66. The molecule has 0 aliphatic heterocycles. The van der Waals surface area contributed by atoms with Crippen molar-refractivity contribution in [3.8, 4) is 5.69 Å². The molecular weight excluding hydrogens is 338 g/mol. The molecule has 0 aliphatic carbocycles. The molecule has 2 aromatic carbocycles. The quantitative estimate of drug-likeness (QED) is 0.732. The molecule has 25 heavy (non-hydrogen) atoms. The second kappa shape index (κ2) is 7.02. The van der Waals surface area contributed by atoms with Crippen LogP contribution < -0.4 is 4.72 Å². The Hall–Kier alpha value is -2.74. The lowest BCUT2D eigenvalue weighted by molar-refractivity contribution is 0.601. The van der Waals surface area contributed by atoms with E-state index in [0.29, 0.717) is 11.6 Å². The van der Waals surface area contributed by atoms with Crippen LogP contribution in [0.4, 0.5) is 5.69 Å². The zero-order valence-electron chi connectivity index (χ0n) is 14.0. The minimum atomic E-state index is -3.62. The van der Waals surface area contributed by atoms with E-state index in [1.165, 1.54) is 11.0 Å². The van der Waals surface area contributed by atoms with Crippen molar-refractivity contribution in [2.45, 2.75) is 25.2 Å². The van der Waals surface area contributed by atoms with E-state index >= 15 is 0 Å². The van der Waals surface area contributed by atoms with Crippen molar-refractivity contribution in [3.63, 3.8) is 0 Å². The zero-order chi connectivity index (χ0) is 17.9. The zero-order valence-corrected chi connectivity index (χ0v) is 14.8. The topological polar surface area (TPSA) is 89.8 Å². The average Bonchev–Trinajstić information content (AvgIpc) is 3.09. The van der Waals surface area contributed by atoms with Gasteiger partial charge in [-0.25, -0.2) is 13.1 Å². The van der Waals surface area contributed by atoms with Crippen LogP contribution in [0.5, 0.6) is 0 Å². The Morgan fingerprint density at radius 3 is 2.28 bits per heavy atom. The first-order valence-electron chi connectivity index (χ1n) is 7.89. The van der Waals surface area contributed by atoms with Crippen LogP contribution in [0.1, 0.15) is 19.4 Å². The van der Waals surface area contributed by atoms with Gasteiger partial charge in [0, 0.05) is 5.69 Å². The Labute approximate surface area is 146 Å². The molecule has 0 saturated heterocycles. The monoisotopic (exact) mass is 357 g/mol. The first-order valence-corrected chi connectivity index (χ1v) is 9.37. The molecular formula is C17H19N5O2S. The fourth-order valence-electron chi connectivity index (χ4n) is 2.45. The number of nitrogens with zero attached hydrogens (tertiary/aromatic N) is 4. The summed E-state index contributed by atoms with van der Waals surface area (Å²) in [4.78, 5) is 0.240. The molecule has 0 spiro atoms. The third-order valence-electron chi connectivity index (χ3n) is 3.61. The summed E-state index contributed by atoms with van der Waals surface area (Å²) in [5.41, 5.74) is 2.34. The highest BCUT2D eigenvalue weighted by atomic mass is 32.2. The summed E-state index contributed by atoms with van der Waals surface area (Å²) in [6.45, 7) is 4.26. The van der Waals surface area contributed by atoms with Gasteiger partial charge >= 0.3 is 0 Å². The fourth-order valence-corrected chi connectivity index (χ4v) is 3.51. The second-order valence-corrected chi connectivity index (χ2v) is 7.83. The number of benzene rings is 2. The number of anilines is 1. The van der Waals surface area contributed by atoms with Crippen molar-refractivity contribution >= 4 is 15.7 Å². The van der Waals surface area contributed by atoms with Crippen LogP contribution in [-0.2, 0) is 16.4 Å². The molecule has 0 aliphatic rings. The van der Waals surface area contributed by atoms with Crippen LogP contribution in [0.2, 0.25) is 0 Å². The Balaban J connectivity index is 1.74. The summed E-state index contributed by atoms with van der Waals surface area (Å²) >= 11 is 0. The molecule has 7 nitrogen and oxygen atoms in total. The van der Waals surface area contributed by atoms with Crippen molar-refractivity contribution in [3.05, 3.63) is 60.4 Å². The lowest BCUT2D eigenvalue weighted by Gasteiger charge is -2.10. The van der Waals surface area contributed by atoms with Gasteiger partial charge in [0.05, 0.1) is 10.6 Å². The summed E-state index contributed by atoms with van der Waals surface area (Å²) in [6, 6.07) is 13.8. The van der Waals surface area contributed by atoms with Crippen molar-refractivity contribution in [1.29, 1.82) is 0 Å². The van der Waals surface area contributed by atoms with Crippen LogP contribution in [-0.4, -0.2) is 28.6 Å². The Morgan fingerprint density at radius 1 is 1.04 bits per heavy atom. The predicted molar refractivity (Wildman–Crippen MR) is 94.9 cm³/mol. The van der Waals surface area contributed by atoms with E-state index < -0.39 is 10.0 Å². The molecule has 1 aromatic heterocycles. The summed E-state index contributed by atoms with van der Waals surface area (Å²) in [5, 5.41) is 10.9. The van der Waals surface area contributed by atoms with Gasteiger partial charge in [-0.3, -0.25) is 4.72 Å². The Bertz CT molecular complexity index is 918. The van der Waals surface area contributed by atoms with E-state index in [4.69, 9.17) is 0 Å². The van der Waals surface area contributed by atoms with Gasteiger partial charge in [0.15, 0.2) is 0 Å². The summed E-state index contributed by atoms with van der Waals surface area (Å²) in [7, 11) is -3.62. The third kappa shape index (κ3) is 4.21. The average molecular weight is 357 g/mol. The van der Waals surface area contributed by atoms with Crippen LogP contribution in [0.15, 0.2) is 59.8 Å². The Morgan fingerprint density at radius 2 is 1.72 bits per heavy atom. The maximum Gasteiger partial charge on any atom is 0.261 e. The van der Waals surface area contributed by atoms with E-state index in [0.717, 1.165) is 17.7 Å². The summed E-state index contributed by atoms with van der Waals surface area (Å²) in [5.74, 6) is 0.527. The van der Waals surface area contributed by atoms with E-state index in [1.54, 1.807) is 36.4 Å². The highest BCUT2D eigenvalue weighted by Crippen LogP contribution is 2.19. The smallest absolute Gasteiger partial charge is 0.261 e. The molecule has 3 rings (SSSR count). The van der Waals surface area contributed by atoms with Crippen LogP contribution in [0.3, 0.4) is 0 Å². The normalized spacial score (nSPS) is 11.6. The molecule has 0 saturated carbocycles. The largest absolute Gasteiger partial charge is 0.280 e. The highest BCUT2D eigenvalue weighted by molar-refractivity contribution is 7.92. The van der Waals surface area contributed by atoms with Gasteiger partial charge < -0.3 is 0 Å². The number of aromatic nitrogens is 4. The molecule has 0 atom stereocenters. The molecule has 1 heterocycles. The number of sulfonamides is 1.